The van der Waals surface area contributed by atoms with Crippen molar-refractivity contribution in [2.75, 3.05) is 7.11 Å². The number of hydrogen-bond acceptors (Lipinski definition) is 3. The van der Waals surface area contributed by atoms with Gasteiger partial charge in [0.1, 0.15) is 11.8 Å². The predicted octanol–water partition coefficient (Wildman–Crippen LogP) is 5.10. The highest BCUT2D eigenvalue weighted by Gasteiger charge is 2.42. The summed E-state index contributed by atoms with van der Waals surface area (Å²) in [5.74, 6) is -0.466. The number of hydrogen-bond donors (Lipinski definition) is 1. The smallest absolute Gasteiger partial charge is 0.326 e. The lowest BCUT2D eigenvalue weighted by molar-refractivity contribution is -0.141. The van der Waals surface area contributed by atoms with Gasteiger partial charge in [-0.3, -0.25) is 4.79 Å². The van der Waals surface area contributed by atoms with Gasteiger partial charge in [0.15, 0.2) is 0 Å². The van der Waals surface area contributed by atoms with Crippen molar-refractivity contribution in [3.8, 4) is 16.9 Å². The van der Waals surface area contributed by atoms with E-state index in [0.717, 1.165) is 28.0 Å². The molecule has 0 aliphatic carbocycles. The van der Waals surface area contributed by atoms with Gasteiger partial charge in [-0.1, -0.05) is 54.6 Å². The molecule has 1 amide bonds. The third-order valence-corrected chi connectivity index (χ3v) is 6.00. The van der Waals surface area contributed by atoms with Crippen LogP contribution in [0.5, 0.6) is 5.75 Å². The maximum Gasteiger partial charge on any atom is 0.326 e. The zero-order valence-corrected chi connectivity index (χ0v) is 17.6. The molecule has 4 rings (SSSR count). The zero-order valence-electron chi connectivity index (χ0n) is 17.6. The molecule has 0 radical (unpaired) electrons. The summed E-state index contributed by atoms with van der Waals surface area (Å²) < 4.78 is 5.43. The van der Waals surface area contributed by atoms with Crippen LogP contribution < -0.4 is 4.74 Å². The maximum absolute atomic E-state index is 13.5. The monoisotopic (exact) mass is 415 g/mol. The molecule has 1 heterocycles. The van der Waals surface area contributed by atoms with Crippen molar-refractivity contribution in [3.63, 3.8) is 0 Å². The molecule has 2 unspecified atom stereocenters. The minimum atomic E-state index is -0.963. The number of aliphatic carboxylic acids is 1. The quantitative estimate of drug-likeness (QED) is 0.629. The second-order valence-electron chi connectivity index (χ2n) is 7.79. The van der Waals surface area contributed by atoms with E-state index in [-0.39, 0.29) is 11.9 Å². The topological polar surface area (TPSA) is 66.8 Å². The lowest BCUT2D eigenvalue weighted by atomic mass is 9.98. The number of benzene rings is 3. The number of para-hydroxylation sites is 1. The lowest BCUT2D eigenvalue weighted by Gasteiger charge is -2.29. The molecule has 2 atom stereocenters. The van der Waals surface area contributed by atoms with E-state index in [2.05, 4.69) is 0 Å². The molecular formula is C26H25NO4. The van der Waals surface area contributed by atoms with Crippen molar-refractivity contribution >= 4 is 11.9 Å². The highest BCUT2D eigenvalue weighted by Crippen LogP contribution is 2.39. The fourth-order valence-corrected chi connectivity index (χ4v) is 4.43. The molecule has 0 spiro atoms. The first-order chi connectivity index (χ1) is 15.0. The SMILES string of the molecule is COc1ccccc1-c1ccc(C(=O)N2C(C(=O)O)CCC2c2ccccc2C)cc1. The van der Waals surface area contributed by atoms with Crippen LogP contribution in [0.25, 0.3) is 11.1 Å². The van der Waals surface area contributed by atoms with Crippen molar-refractivity contribution in [2.45, 2.75) is 31.8 Å². The van der Waals surface area contributed by atoms with Gasteiger partial charge in [-0.2, -0.15) is 0 Å². The van der Waals surface area contributed by atoms with Gasteiger partial charge in [0, 0.05) is 11.1 Å². The van der Waals surface area contributed by atoms with E-state index in [9.17, 15) is 14.7 Å². The standard InChI is InChI=1S/C26H25NO4/c1-17-7-3-4-8-20(17)22-15-16-23(26(29)30)27(22)25(28)19-13-11-18(12-14-19)21-9-5-6-10-24(21)31-2/h3-14,22-23H,15-16H2,1-2H3,(H,29,30). The minimum absolute atomic E-state index is 0.247. The molecule has 1 aliphatic heterocycles. The Morgan fingerprint density at radius 3 is 2.29 bits per heavy atom. The van der Waals surface area contributed by atoms with E-state index in [1.807, 2.05) is 67.6 Å². The number of nitrogens with zero attached hydrogens (tertiary/aromatic N) is 1. The van der Waals surface area contributed by atoms with Crippen LogP contribution in [-0.2, 0) is 4.79 Å². The number of methoxy groups -OCH3 is 1. The Bertz CT molecular complexity index is 1110. The van der Waals surface area contributed by atoms with E-state index in [0.29, 0.717) is 18.4 Å². The van der Waals surface area contributed by atoms with Gasteiger partial charge in [-0.05, 0) is 54.7 Å². The summed E-state index contributed by atoms with van der Waals surface area (Å²) in [6, 6.07) is 21.8. The van der Waals surface area contributed by atoms with Gasteiger partial charge in [0.05, 0.1) is 13.2 Å². The minimum Gasteiger partial charge on any atom is -0.496 e. The Labute approximate surface area is 181 Å². The summed E-state index contributed by atoms with van der Waals surface area (Å²) in [6.45, 7) is 1.99. The lowest BCUT2D eigenvalue weighted by Crippen LogP contribution is -2.42. The summed E-state index contributed by atoms with van der Waals surface area (Å²) in [5.41, 5.74) is 4.41. The van der Waals surface area contributed by atoms with Gasteiger partial charge < -0.3 is 14.7 Å². The normalized spacial score (nSPS) is 18.1. The van der Waals surface area contributed by atoms with Gasteiger partial charge in [0.25, 0.3) is 5.91 Å². The molecule has 158 valence electrons. The summed E-state index contributed by atoms with van der Waals surface area (Å²) in [6.07, 6.45) is 1.08. The summed E-state index contributed by atoms with van der Waals surface area (Å²) in [5, 5.41) is 9.76. The Balaban J connectivity index is 1.67. The fraction of sp³-hybridized carbons (Fsp3) is 0.231. The van der Waals surface area contributed by atoms with Crippen LogP contribution in [0.15, 0.2) is 72.8 Å². The third-order valence-electron chi connectivity index (χ3n) is 6.00. The summed E-state index contributed by atoms with van der Waals surface area (Å²) >= 11 is 0. The van der Waals surface area contributed by atoms with Crippen LogP contribution in [0, 0.1) is 6.92 Å². The Hall–Kier alpha value is -3.60. The van der Waals surface area contributed by atoms with Crippen LogP contribution in [0.3, 0.4) is 0 Å². The molecule has 0 aromatic heterocycles. The number of ether oxygens (including phenoxy) is 1. The van der Waals surface area contributed by atoms with Crippen LogP contribution in [0.4, 0.5) is 0 Å². The number of carboxylic acid groups (broad SMARTS) is 1. The van der Waals surface area contributed by atoms with Crippen molar-refractivity contribution in [1.82, 2.24) is 4.90 Å². The second-order valence-corrected chi connectivity index (χ2v) is 7.79. The molecule has 1 aliphatic rings. The van der Waals surface area contributed by atoms with Gasteiger partial charge >= 0.3 is 5.97 Å². The molecule has 3 aromatic carbocycles. The maximum atomic E-state index is 13.5. The van der Waals surface area contributed by atoms with Crippen molar-refractivity contribution in [1.29, 1.82) is 0 Å². The van der Waals surface area contributed by atoms with E-state index in [1.54, 1.807) is 24.1 Å². The number of likely N-dealkylation sites (tertiary alicyclic amines) is 1. The number of carbonyl (C=O) groups is 2. The molecule has 1 saturated heterocycles. The first-order valence-corrected chi connectivity index (χ1v) is 10.4. The first-order valence-electron chi connectivity index (χ1n) is 10.4. The van der Waals surface area contributed by atoms with E-state index < -0.39 is 12.0 Å². The van der Waals surface area contributed by atoms with Crippen LogP contribution in [0.2, 0.25) is 0 Å². The number of carboxylic acids is 1. The van der Waals surface area contributed by atoms with Crippen molar-refractivity contribution < 1.29 is 19.4 Å². The Morgan fingerprint density at radius 1 is 0.935 bits per heavy atom. The molecule has 0 saturated carbocycles. The number of aryl methyl sites for hydroxylation is 1. The van der Waals surface area contributed by atoms with E-state index >= 15 is 0 Å². The molecule has 0 bridgehead atoms. The highest BCUT2D eigenvalue weighted by molar-refractivity contribution is 5.97. The number of carbonyl (C=O) groups excluding carboxylic acids is 1. The first kappa shape index (κ1) is 20.7. The second kappa shape index (κ2) is 8.64. The molecule has 5 nitrogen and oxygen atoms in total. The molecule has 5 heteroatoms. The van der Waals surface area contributed by atoms with Gasteiger partial charge in [0.2, 0.25) is 0 Å². The molecular weight excluding hydrogens is 390 g/mol. The van der Waals surface area contributed by atoms with Crippen LogP contribution >= 0.6 is 0 Å². The molecule has 1 N–H and O–H groups in total. The summed E-state index contributed by atoms with van der Waals surface area (Å²) in [7, 11) is 1.63. The molecule has 3 aromatic rings. The average molecular weight is 415 g/mol. The average Bonchev–Trinajstić information content (AvgIpc) is 3.24. The van der Waals surface area contributed by atoms with Crippen LogP contribution in [-0.4, -0.2) is 35.0 Å². The number of rotatable bonds is 5. The number of amides is 1. The Kier molecular flexibility index (Phi) is 5.76. The van der Waals surface area contributed by atoms with Gasteiger partial charge in [-0.15, -0.1) is 0 Å². The van der Waals surface area contributed by atoms with Crippen molar-refractivity contribution in [2.24, 2.45) is 0 Å². The highest BCUT2D eigenvalue weighted by atomic mass is 16.5. The molecule has 1 fully saturated rings. The van der Waals surface area contributed by atoms with E-state index in [1.165, 1.54) is 0 Å². The predicted molar refractivity (Wildman–Crippen MR) is 119 cm³/mol. The van der Waals surface area contributed by atoms with Gasteiger partial charge in [-0.25, -0.2) is 4.79 Å². The van der Waals surface area contributed by atoms with Crippen molar-refractivity contribution in [3.05, 3.63) is 89.5 Å². The fourth-order valence-electron chi connectivity index (χ4n) is 4.43. The summed E-state index contributed by atoms with van der Waals surface area (Å²) in [4.78, 5) is 26.9. The third kappa shape index (κ3) is 3.91. The largest absolute Gasteiger partial charge is 0.496 e. The van der Waals surface area contributed by atoms with E-state index in [4.69, 9.17) is 4.74 Å². The molecule has 31 heavy (non-hydrogen) atoms. The zero-order chi connectivity index (χ0) is 22.0. The van der Waals surface area contributed by atoms with Crippen LogP contribution in [0.1, 0.15) is 40.4 Å². The Morgan fingerprint density at radius 2 is 1.61 bits per heavy atom.